The van der Waals surface area contributed by atoms with Gasteiger partial charge in [-0.05, 0) is 18.2 Å². The number of nitrogens with zero attached hydrogens (tertiary/aromatic N) is 1. The maximum absolute atomic E-state index is 13.2. The van der Waals surface area contributed by atoms with E-state index in [2.05, 4.69) is 0 Å². The highest BCUT2D eigenvalue weighted by Crippen LogP contribution is 2.40. The first kappa shape index (κ1) is 16.1. The largest absolute Gasteiger partial charge is 0.316 e. The lowest BCUT2D eigenvalue weighted by Crippen LogP contribution is -2.37. The van der Waals surface area contributed by atoms with Crippen LogP contribution in [0.5, 0.6) is 0 Å². The maximum atomic E-state index is 13.2. The van der Waals surface area contributed by atoms with Crippen molar-refractivity contribution in [1.29, 1.82) is 5.41 Å². The number of rotatable bonds is 1. The van der Waals surface area contributed by atoms with Crippen molar-refractivity contribution in [3.05, 3.63) is 29.0 Å². The second kappa shape index (κ2) is 5.47. The van der Waals surface area contributed by atoms with Gasteiger partial charge in [0.1, 0.15) is 5.82 Å². The molecule has 110 valence electrons. The molecule has 2 atom stereocenters. The van der Waals surface area contributed by atoms with Gasteiger partial charge in [0.15, 0.2) is 15.0 Å². The van der Waals surface area contributed by atoms with Gasteiger partial charge in [-0.3, -0.25) is 5.41 Å². The van der Waals surface area contributed by atoms with Crippen molar-refractivity contribution >= 4 is 61.0 Å². The number of thioether (sulfide) groups is 1. The quantitative estimate of drug-likeness (QED) is 0.786. The number of sulfone groups is 1. The lowest BCUT2D eigenvalue weighted by Gasteiger charge is -2.24. The predicted octanol–water partition coefficient (Wildman–Crippen LogP) is 2.71. The van der Waals surface area contributed by atoms with Crippen molar-refractivity contribution in [3.8, 4) is 0 Å². The van der Waals surface area contributed by atoms with Gasteiger partial charge in [-0.1, -0.05) is 23.4 Å². The first-order valence-electron chi connectivity index (χ1n) is 5.57. The Morgan fingerprint density at radius 1 is 1.40 bits per heavy atom. The maximum Gasteiger partial charge on any atom is 0.161 e. The van der Waals surface area contributed by atoms with Crippen LogP contribution in [0.1, 0.15) is 0 Å². The van der Waals surface area contributed by atoms with Gasteiger partial charge in [0, 0.05) is 10.9 Å². The average molecular weight is 402 g/mol. The van der Waals surface area contributed by atoms with E-state index < -0.39 is 15.7 Å². The SMILES string of the molecule is Br.N=C1SC2CS(=O)(=O)CC2N1c1ccc(F)c(Cl)c1. The summed E-state index contributed by atoms with van der Waals surface area (Å²) in [5.74, 6) is -0.405. The van der Waals surface area contributed by atoms with E-state index in [0.29, 0.717) is 5.69 Å². The van der Waals surface area contributed by atoms with Gasteiger partial charge in [0.05, 0.1) is 22.6 Å². The van der Waals surface area contributed by atoms with E-state index in [9.17, 15) is 12.8 Å². The molecule has 2 saturated heterocycles. The van der Waals surface area contributed by atoms with Gasteiger partial charge in [-0.15, -0.1) is 17.0 Å². The Kier molecular flexibility index (Phi) is 4.40. The van der Waals surface area contributed by atoms with Crippen molar-refractivity contribution in [3.63, 3.8) is 0 Å². The van der Waals surface area contributed by atoms with E-state index in [1.54, 1.807) is 4.90 Å². The van der Waals surface area contributed by atoms with E-state index in [1.165, 1.54) is 30.0 Å². The molecule has 2 unspecified atom stereocenters. The van der Waals surface area contributed by atoms with Gasteiger partial charge >= 0.3 is 0 Å². The van der Waals surface area contributed by atoms with Crippen molar-refractivity contribution in [2.24, 2.45) is 0 Å². The van der Waals surface area contributed by atoms with Crippen molar-refractivity contribution in [1.82, 2.24) is 0 Å². The number of fused-ring (bicyclic) bond motifs is 1. The van der Waals surface area contributed by atoms with Crippen LogP contribution in [-0.2, 0) is 9.84 Å². The monoisotopic (exact) mass is 400 g/mol. The zero-order valence-electron chi connectivity index (χ0n) is 10.0. The summed E-state index contributed by atoms with van der Waals surface area (Å²) in [6.45, 7) is 0. The fraction of sp³-hybridized carbons (Fsp3) is 0.364. The summed E-state index contributed by atoms with van der Waals surface area (Å²) in [6, 6.07) is 3.92. The topological polar surface area (TPSA) is 61.2 Å². The van der Waals surface area contributed by atoms with E-state index >= 15 is 0 Å². The number of nitrogens with one attached hydrogen (secondary N) is 1. The first-order chi connectivity index (χ1) is 8.87. The Morgan fingerprint density at radius 2 is 2.10 bits per heavy atom. The van der Waals surface area contributed by atoms with Crippen LogP contribution in [0, 0.1) is 11.2 Å². The second-order valence-corrected chi connectivity index (χ2v) is 8.36. The normalized spacial score (nSPS) is 27.3. The zero-order valence-corrected chi connectivity index (χ0v) is 14.1. The van der Waals surface area contributed by atoms with Crippen molar-refractivity contribution in [2.45, 2.75) is 11.3 Å². The molecule has 20 heavy (non-hydrogen) atoms. The Balaban J connectivity index is 0.00000147. The van der Waals surface area contributed by atoms with Crippen LogP contribution in [-0.4, -0.2) is 36.4 Å². The van der Waals surface area contributed by atoms with Gasteiger partial charge in [0.25, 0.3) is 0 Å². The second-order valence-electron chi connectivity index (χ2n) is 4.57. The van der Waals surface area contributed by atoms with Gasteiger partial charge in [0.2, 0.25) is 0 Å². The van der Waals surface area contributed by atoms with E-state index in [1.807, 2.05) is 0 Å². The molecular weight excluding hydrogens is 391 g/mol. The van der Waals surface area contributed by atoms with E-state index in [-0.39, 0.29) is 50.0 Å². The third kappa shape index (κ3) is 2.70. The van der Waals surface area contributed by atoms with Gasteiger partial charge in [-0.2, -0.15) is 0 Å². The molecule has 4 nitrogen and oxygen atoms in total. The number of amidine groups is 1. The third-order valence-electron chi connectivity index (χ3n) is 3.27. The molecule has 1 aromatic carbocycles. The molecule has 0 spiro atoms. The summed E-state index contributed by atoms with van der Waals surface area (Å²) in [5.41, 5.74) is 0.563. The van der Waals surface area contributed by atoms with Crippen LogP contribution >= 0.6 is 40.3 Å². The van der Waals surface area contributed by atoms with E-state index in [0.717, 1.165) is 0 Å². The van der Waals surface area contributed by atoms with Gasteiger partial charge < -0.3 is 4.90 Å². The zero-order chi connectivity index (χ0) is 13.8. The molecule has 2 heterocycles. The molecule has 0 radical (unpaired) electrons. The smallest absolute Gasteiger partial charge is 0.161 e. The minimum absolute atomic E-state index is 0. The molecular formula is C11H11BrClFN2O2S2. The molecule has 0 bridgehead atoms. The molecule has 9 heteroatoms. The number of halogens is 3. The minimum Gasteiger partial charge on any atom is -0.316 e. The first-order valence-corrected chi connectivity index (χ1v) is 8.65. The van der Waals surface area contributed by atoms with Crippen LogP contribution in [0.3, 0.4) is 0 Å². The van der Waals surface area contributed by atoms with E-state index in [4.69, 9.17) is 17.0 Å². The molecule has 0 amide bonds. The molecule has 1 N–H and O–H groups in total. The van der Waals surface area contributed by atoms with Crippen molar-refractivity contribution in [2.75, 3.05) is 16.4 Å². The Morgan fingerprint density at radius 3 is 2.75 bits per heavy atom. The Bertz CT molecular complexity index is 670. The standard InChI is InChI=1S/C11H10ClFN2O2S2.BrH/c12-7-3-6(1-2-8(7)13)15-9-4-19(16,17)5-10(9)18-11(15)14;/h1-3,9-10,14H,4-5H2;1H. The molecule has 2 aliphatic rings. The number of hydrogen-bond donors (Lipinski definition) is 1. The molecule has 0 aliphatic carbocycles. The molecule has 1 aromatic rings. The van der Waals surface area contributed by atoms with Crippen LogP contribution in [0.15, 0.2) is 18.2 Å². The Labute approximate surface area is 135 Å². The minimum atomic E-state index is -3.05. The predicted molar refractivity (Wildman–Crippen MR) is 85.8 cm³/mol. The lowest BCUT2D eigenvalue weighted by molar-refractivity contribution is 0.601. The summed E-state index contributed by atoms with van der Waals surface area (Å²) in [4.78, 5) is 1.63. The van der Waals surface area contributed by atoms with Gasteiger partial charge in [-0.25, -0.2) is 12.8 Å². The molecule has 2 fully saturated rings. The fourth-order valence-corrected chi connectivity index (χ4v) is 6.41. The molecule has 3 rings (SSSR count). The van der Waals surface area contributed by atoms with Crippen LogP contribution in [0.4, 0.5) is 10.1 Å². The lowest BCUT2D eigenvalue weighted by atomic mass is 10.2. The number of benzene rings is 1. The summed E-state index contributed by atoms with van der Waals surface area (Å²) in [6.07, 6.45) is 0. The third-order valence-corrected chi connectivity index (χ3v) is 6.69. The fourth-order valence-electron chi connectivity index (χ4n) is 2.44. The number of anilines is 1. The summed E-state index contributed by atoms with van der Waals surface area (Å²) in [7, 11) is -3.05. The highest BCUT2D eigenvalue weighted by atomic mass is 79.9. The van der Waals surface area contributed by atoms with Crippen LogP contribution < -0.4 is 4.90 Å². The molecule has 0 aromatic heterocycles. The molecule has 2 aliphatic heterocycles. The van der Waals surface area contributed by atoms with Crippen molar-refractivity contribution < 1.29 is 12.8 Å². The summed E-state index contributed by atoms with van der Waals surface area (Å²) < 4.78 is 36.5. The number of hydrogen-bond acceptors (Lipinski definition) is 4. The summed E-state index contributed by atoms with van der Waals surface area (Å²) in [5, 5.41) is 8.09. The Hall–Kier alpha value is -0.310. The molecule has 0 saturated carbocycles. The highest BCUT2D eigenvalue weighted by molar-refractivity contribution is 8.93. The highest BCUT2D eigenvalue weighted by Gasteiger charge is 2.48. The van der Waals surface area contributed by atoms with Crippen LogP contribution in [0.2, 0.25) is 5.02 Å². The van der Waals surface area contributed by atoms with Crippen LogP contribution in [0.25, 0.3) is 0 Å². The average Bonchev–Trinajstić information content (AvgIpc) is 2.73. The summed E-state index contributed by atoms with van der Waals surface area (Å²) >= 11 is 6.99.